The van der Waals surface area contributed by atoms with Crippen LogP contribution in [0.25, 0.3) is 33.4 Å². The molecule has 4 nitrogen and oxygen atoms in total. The Morgan fingerprint density at radius 3 is 1.14 bits per heavy atom. The highest BCUT2D eigenvalue weighted by atomic mass is 32.2. The van der Waals surface area contributed by atoms with Gasteiger partial charge in [-0.2, -0.15) is 0 Å². The van der Waals surface area contributed by atoms with Crippen molar-refractivity contribution in [2.24, 2.45) is 0 Å². The first-order chi connectivity index (χ1) is 45.7. The molecule has 0 aliphatic carbocycles. The van der Waals surface area contributed by atoms with E-state index in [9.17, 15) is 0 Å². The molecule has 14 aromatic rings. The van der Waals surface area contributed by atoms with Crippen LogP contribution < -0.4 is 52.4 Å². The fourth-order valence-corrected chi connectivity index (χ4v) is 17.2. The Kier molecular flexibility index (Phi) is 13.3. The highest BCUT2D eigenvalue weighted by Gasteiger charge is 2.47. The highest BCUT2D eigenvalue weighted by molar-refractivity contribution is 8.00. The SMILES string of the molecule is c1ccc(-c2ccccc2N(c2ccccc2)c2cc3c4c(c2)N(c2ccccc2)c2cc5c(cc2B4c2ccccc2S3)B2c3ccccc3Sc3cc(N(c4ccccc4)c4ccccc4)cc(c32)N5c2c(-c3ccccc3)cccc2-c2ccccc2)cc1. The van der Waals surface area contributed by atoms with Gasteiger partial charge in [-0.15, -0.1) is 0 Å². The maximum atomic E-state index is 2.69. The Morgan fingerprint density at radius 2 is 0.630 bits per heavy atom. The largest absolute Gasteiger partial charge is 0.311 e. The average molecular weight is 1210 g/mol. The van der Waals surface area contributed by atoms with E-state index in [4.69, 9.17) is 0 Å². The molecule has 4 heterocycles. The quantitative estimate of drug-likeness (QED) is 0.119. The fraction of sp³-hybridized carbons (Fsp3) is 0. The van der Waals surface area contributed by atoms with Crippen molar-refractivity contribution in [3.8, 4) is 33.4 Å². The molecule has 0 spiro atoms. The minimum atomic E-state index is -0.111. The van der Waals surface area contributed by atoms with E-state index >= 15 is 0 Å². The van der Waals surface area contributed by atoms with Crippen LogP contribution in [0.5, 0.6) is 0 Å². The molecule has 8 heteroatoms. The summed E-state index contributed by atoms with van der Waals surface area (Å²) in [4.78, 5) is 15.2. The number of hydrogen-bond donors (Lipinski definition) is 0. The second kappa shape index (κ2) is 22.5. The zero-order valence-electron chi connectivity index (χ0n) is 50.1. The number of rotatable bonds is 11. The molecular weight excluding hydrogens is 1150 g/mol. The summed E-state index contributed by atoms with van der Waals surface area (Å²) in [6.45, 7) is -0.208. The van der Waals surface area contributed by atoms with Crippen LogP contribution in [-0.2, 0) is 0 Å². The smallest absolute Gasteiger partial charge is 0.249 e. The van der Waals surface area contributed by atoms with E-state index in [-0.39, 0.29) is 13.4 Å². The van der Waals surface area contributed by atoms with Gasteiger partial charge in [0.1, 0.15) is 0 Å². The van der Waals surface area contributed by atoms with Crippen molar-refractivity contribution in [3.05, 3.63) is 340 Å². The van der Waals surface area contributed by atoms with E-state index in [1.54, 1.807) is 0 Å². The summed E-state index contributed by atoms with van der Waals surface area (Å²) in [5.74, 6) is 0. The van der Waals surface area contributed by atoms with Gasteiger partial charge < -0.3 is 19.6 Å². The number of anilines is 12. The standard InChI is InChI=1S/C84H56B2N4S2/c1-8-29-57(30-9-1)66-43-22-25-48-73(66)88(62-39-18-6-19-40-62)65-52-76-82-81(54-65)92-78-49-26-23-46-69(78)85(82)71-55-72-75(56-74(71)89(76)63-41-20-7-21-42-63)90(84-67(58-31-10-2-11-32-58)44-28-45-68(84)59-33-12-3-13-34-59)77-51-64(53-80-83(77)86(72)70-47-24-27-50-79(70)91-80)87(60-35-14-4-15-36-60)61-37-16-5-17-38-61/h1-56H. The molecule has 0 bridgehead atoms. The predicted octanol–water partition coefficient (Wildman–Crippen LogP) is 19.2. The van der Waals surface area contributed by atoms with Gasteiger partial charge in [0.25, 0.3) is 0 Å². The molecule has 0 radical (unpaired) electrons. The Labute approximate surface area is 546 Å². The van der Waals surface area contributed by atoms with Crippen LogP contribution in [0.1, 0.15) is 0 Å². The predicted molar refractivity (Wildman–Crippen MR) is 392 cm³/mol. The summed E-state index contributed by atoms with van der Waals surface area (Å²) >= 11 is 3.80. The molecule has 0 saturated heterocycles. The normalized spacial score (nSPS) is 12.8. The zero-order valence-corrected chi connectivity index (χ0v) is 51.7. The van der Waals surface area contributed by atoms with Gasteiger partial charge in [0.2, 0.25) is 13.4 Å². The first-order valence-corrected chi connectivity index (χ1v) is 33.2. The van der Waals surface area contributed by atoms with Gasteiger partial charge in [0.05, 0.1) is 11.4 Å². The summed E-state index contributed by atoms with van der Waals surface area (Å²) in [6, 6.07) is 126. The van der Waals surface area contributed by atoms with Gasteiger partial charge in [-0.3, -0.25) is 0 Å². The van der Waals surface area contributed by atoms with Gasteiger partial charge in [0.15, 0.2) is 0 Å². The van der Waals surface area contributed by atoms with Gasteiger partial charge in [-0.05, 0) is 136 Å². The molecule has 14 aromatic carbocycles. The van der Waals surface area contributed by atoms with Crippen molar-refractivity contribution in [1.82, 2.24) is 0 Å². The lowest BCUT2D eigenvalue weighted by molar-refractivity contribution is 1.21. The van der Waals surface area contributed by atoms with Gasteiger partial charge >= 0.3 is 0 Å². The molecular formula is C84H56B2N4S2. The van der Waals surface area contributed by atoms with Crippen molar-refractivity contribution < 1.29 is 0 Å². The molecule has 0 aromatic heterocycles. The summed E-state index contributed by atoms with van der Waals surface area (Å²) in [5.41, 5.74) is 28.1. The van der Waals surface area contributed by atoms with Crippen molar-refractivity contribution >= 4 is 138 Å². The zero-order chi connectivity index (χ0) is 60.6. The van der Waals surface area contributed by atoms with Gasteiger partial charge in [-0.25, -0.2) is 0 Å². The second-order valence-corrected chi connectivity index (χ2v) is 26.0. The van der Waals surface area contributed by atoms with Crippen LogP contribution in [-0.4, -0.2) is 13.4 Å². The average Bonchev–Trinajstić information content (AvgIpc) is 0.691. The third-order valence-corrected chi connectivity index (χ3v) is 21.0. The third kappa shape index (κ3) is 8.96. The van der Waals surface area contributed by atoms with Crippen LogP contribution in [0.15, 0.2) is 359 Å². The first-order valence-electron chi connectivity index (χ1n) is 31.5. The Bertz CT molecular complexity index is 5040. The molecule has 0 N–H and O–H groups in total. The number of hydrogen-bond acceptors (Lipinski definition) is 6. The lowest BCUT2D eigenvalue weighted by Crippen LogP contribution is -2.64. The van der Waals surface area contributed by atoms with Crippen molar-refractivity contribution in [3.63, 3.8) is 0 Å². The first kappa shape index (κ1) is 54.1. The monoisotopic (exact) mass is 1210 g/mol. The van der Waals surface area contributed by atoms with E-state index in [1.165, 1.54) is 52.4 Å². The van der Waals surface area contributed by atoms with Crippen LogP contribution >= 0.6 is 23.5 Å². The molecule has 18 rings (SSSR count). The van der Waals surface area contributed by atoms with E-state index in [0.717, 1.165) is 102 Å². The molecule has 0 amide bonds. The van der Waals surface area contributed by atoms with Crippen LogP contribution in [0.4, 0.5) is 68.2 Å². The van der Waals surface area contributed by atoms with Crippen LogP contribution in [0.2, 0.25) is 0 Å². The van der Waals surface area contributed by atoms with Gasteiger partial charge in [-0.1, -0.05) is 277 Å². The number of benzene rings is 14. The molecule has 0 fully saturated rings. The minimum absolute atomic E-state index is 0.0970. The number of para-hydroxylation sites is 6. The fourth-order valence-electron chi connectivity index (χ4n) is 14.8. The molecule has 0 saturated carbocycles. The second-order valence-electron chi connectivity index (χ2n) is 23.9. The summed E-state index contributed by atoms with van der Waals surface area (Å²) in [5, 5.41) is 0. The maximum absolute atomic E-state index is 2.69. The topological polar surface area (TPSA) is 13.0 Å². The van der Waals surface area contributed by atoms with E-state index in [1.807, 2.05) is 23.5 Å². The highest BCUT2D eigenvalue weighted by Crippen LogP contribution is 2.54. The Balaban J connectivity index is 0.967. The maximum Gasteiger partial charge on any atom is 0.249 e. The molecule has 92 heavy (non-hydrogen) atoms. The molecule has 4 aliphatic rings. The number of fused-ring (bicyclic) bond motifs is 8. The van der Waals surface area contributed by atoms with Crippen LogP contribution in [0.3, 0.4) is 0 Å². The Morgan fingerprint density at radius 1 is 0.250 bits per heavy atom. The van der Waals surface area contributed by atoms with Crippen molar-refractivity contribution in [1.29, 1.82) is 0 Å². The van der Waals surface area contributed by atoms with Crippen LogP contribution in [0, 0.1) is 0 Å². The minimum Gasteiger partial charge on any atom is -0.311 e. The third-order valence-electron chi connectivity index (χ3n) is 18.7. The molecule has 0 atom stereocenters. The van der Waals surface area contributed by atoms with Crippen molar-refractivity contribution in [2.75, 3.05) is 19.6 Å². The van der Waals surface area contributed by atoms with Gasteiger partial charge in [0, 0.05) is 93.1 Å². The van der Waals surface area contributed by atoms with Crippen molar-refractivity contribution in [2.45, 2.75) is 19.6 Å². The lowest BCUT2D eigenvalue weighted by Gasteiger charge is -2.45. The molecule has 4 aliphatic heterocycles. The molecule has 430 valence electrons. The Hall–Kier alpha value is -10.9. The summed E-state index contributed by atoms with van der Waals surface area (Å²) < 4.78 is 0. The number of nitrogens with zero attached hydrogens (tertiary/aromatic N) is 4. The molecule has 0 unspecified atom stereocenters. The summed E-state index contributed by atoms with van der Waals surface area (Å²) in [6.07, 6.45) is 0. The van der Waals surface area contributed by atoms with E-state index in [2.05, 4.69) is 359 Å². The van der Waals surface area contributed by atoms with E-state index in [0.29, 0.717) is 0 Å². The summed E-state index contributed by atoms with van der Waals surface area (Å²) in [7, 11) is 0. The lowest BCUT2D eigenvalue weighted by atomic mass is 9.31. The van der Waals surface area contributed by atoms with E-state index < -0.39 is 0 Å².